The Hall–Kier alpha value is -1.42. The molecule has 1 unspecified atom stereocenters. The Morgan fingerprint density at radius 3 is 1.95 bits per heavy atom. The predicted octanol–water partition coefficient (Wildman–Crippen LogP) is 3.16. The van der Waals surface area contributed by atoms with Gasteiger partial charge in [0.05, 0.1) is 21.3 Å². The van der Waals surface area contributed by atoms with Crippen molar-refractivity contribution in [2.75, 3.05) is 28.4 Å². The summed E-state index contributed by atoms with van der Waals surface area (Å²) >= 11 is 0. The molecule has 0 aliphatic heterocycles. The van der Waals surface area contributed by atoms with Gasteiger partial charge in [-0.15, -0.1) is 0 Å². The lowest BCUT2D eigenvalue weighted by atomic mass is 9.91. The number of ether oxygens (including phenoxy) is 3. The SMILES string of the molecule is CNC(c1cc(OC)c(OC)c(OC)c1)C1CCCC1. The van der Waals surface area contributed by atoms with Gasteiger partial charge in [0.1, 0.15) is 0 Å². The van der Waals surface area contributed by atoms with Gasteiger partial charge in [0, 0.05) is 6.04 Å². The molecule has 0 saturated heterocycles. The fraction of sp³-hybridized carbons (Fsp3) is 0.625. The Labute approximate surface area is 121 Å². The summed E-state index contributed by atoms with van der Waals surface area (Å²) in [5.41, 5.74) is 1.20. The average molecular weight is 279 g/mol. The summed E-state index contributed by atoms with van der Waals surface area (Å²) in [6.07, 6.45) is 5.21. The molecule has 1 saturated carbocycles. The quantitative estimate of drug-likeness (QED) is 0.868. The minimum atomic E-state index is 0.339. The predicted molar refractivity (Wildman–Crippen MR) is 79.9 cm³/mol. The van der Waals surface area contributed by atoms with Crippen LogP contribution in [0.4, 0.5) is 0 Å². The molecular weight excluding hydrogens is 254 g/mol. The minimum absolute atomic E-state index is 0.339. The van der Waals surface area contributed by atoms with Gasteiger partial charge in [-0.05, 0) is 43.5 Å². The third-order valence-corrected chi connectivity index (χ3v) is 4.23. The third kappa shape index (κ3) is 2.85. The topological polar surface area (TPSA) is 39.7 Å². The molecular formula is C16H25NO3. The van der Waals surface area contributed by atoms with Crippen molar-refractivity contribution >= 4 is 0 Å². The Morgan fingerprint density at radius 2 is 1.55 bits per heavy atom. The fourth-order valence-corrected chi connectivity index (χ4v) is 3.25. The molecule has 2 rings (SSSR count). The van der Waals surface area contributed by atoms with Gasteiger partial charge in [-0.1, -0.05) is 12.8 Å². The van der Waals surface area contributed by atoms with Crippen molar-refractivity contribution in [3.05, 3.63) is 17.7 Å². The van der Waals surface area contributed by atoms with Crippen molar-refractivity contribution in [1.82, 2.24) is 5.32 Å². The van der Waals surface area contributed by atoms with Crippen molar-refractivity contribution < 1.29 is 14.2 Å². The third-order valence-electron chi connectivity index (χ3n) is 4.23. The molecule has 4 heteroatoms. The second kappa shape index (κ2) is 6.84. The summed E-state index contributed by atoms with van der Waals surface area (Å²) in [5.74, 6) is 2.78. The first-order chi connectivity index (χ1) is 9.74. The zero-order chi connectivity index (χ0) is 14.5. The van der Waals surface area contributed by atoms with Gasteiger partial charge in [-0.2, -0.15) is 0 Å². The van der Waals surface area contributed by atoms with E-state index in [2.05, 4.69) is 17.4 Å². The number of rotatable bonds is 6. The normalized spacial score (nSPS) is 17.0. The van der Waals surface area contributed by atoms with Crippen LogP contribution in [0, 0.1) is 5.92 Å². The lowest BCUT2D eigenvalue weighted by Gasteiger charge is -2.25. The molecule has 1 aliphatic carbocycles. The second-order valence-electron chi connectivity index (χ2n) is 5.27. The Bertz CT molecular complexity index is 416. The Balaban J connectivity index is 2.39. The molecule has 1 fully saturated rings. The maximum Gasteiger partial charge on any atom is 0.203 e. The molecule has 1 N–H and O–H groups in total. The number of nitrogens with one attached hydrogen (secondary N) is 1. The van der Waals surface area contributed by atoms with Crippen molar-refractivity contribution in [3.8, 4) is 17.2 Å². The smallest absolute Gasteiger partial charge is 0.203 e. The van der Waals surface area contributed by atoms with Gasteiger partial charge < -0.3 is 19.5 Å². The second-order valence-corrected chi connectivity index (χ2v) is 5.27. The lowest BCUT2D eigenvalue weighted by Crippen LogP contribution is -2.23. The van der Waals surface area contributed by atoms with Crippen LogP contribution in [-0.4, -0.2) is 28.4 Å². The molecule has 1 aromatic rings. The maximum absolute atomic E-state index is 5.44. The highest BCUT2D eigenvalue weighted by molar-refractivity contribution is 5.54. The van der Waals surface area contributed by atoms with E-state index in [9.17, 15) is 0 Å². The van der Waals surface area contributed by atoms with Gasteiger partial charge in [0.15, 0.2) is 11.5 Å². The first-order valence-electron chi connectivity index (χ1n) is 7.22. The van der Waals surface area contributed by atoms with E-state index < -0.39 is 0 Å². The maximum atomic E-state index is 5.44. The van der Waals surface area contributed by atoms with E-state index in [1.807, 2.05) is 7.05 Å². The van der Waals surface area contributed by atoms with Crippen LogP contribution in [-0.2, 0) is 0 Å². The minimum Gasteiger partial charge on any atom is -0.493 e. The number of benzene rings is 1. The summed E-state index contributed by atoms with van der Waals surface area (Å²) < 4.78 is 16.3. The largest absolute Gasteiger partial charge is 0.493 e. The molecule has 0 spiro atoms. The van der Waals surface area contributed by atoms with E-state index in [0.717, 1.165) is 11.5 Å². The average Bonchev–Trinajstić information content (AvgIpc) is 3.00. The first kappa shape index (κ1) is 15.0. The van der Waals surface area contributed by atoms with Gasteiger partial charge in [-0.3, -0.25) is 0 Å². The van der Waals surface area contributed by atoms with Crippen LogP contribution in [0.5, 0.6) is 17.2 Å². The molecule has 0 aromatic heterocycles. The van der Waals surface area contributed by atoms with Crippen LogP contribution in [0.2, 0.25) is 0 Å². The molecule has 1 atom stereocenters. The van der Waals surface area contributed by atoms with Crippen LogP contribution < -0.4 is 19.5 Å². The summed E-state index contributed by atoms with van der Waals surface area (Å²) in [6.45, 7) is 0. The van der Waals surface area contributed by atoms with Gasteiger partial charge in [0.25, 0.3) is 0 Å². The van der Waals surface area contributed by atoms with E-state index in [-0.39, 0.29) is 0 Å². The molecule has 1 aromatic carbocycles. The van der Waals surface area contributed by atoms with E-state index >= 15 is 0 Å². The highest BCUT2D eigenvalue weighted by Gasteiger charge is 2.27. The summed E-state index contributed by atoms with van der Waals surface area (Å²) in [5, 5.41) is 3.45. The highest BCUT2D eigenvalue weighted by atomic mass is 16.5. The van der Waals surface area contributed by atoms with Gasteiger partial charge >= 0.3 is 0 Å². The number of hydrogen-bond acceptors (Lipinski definition) is 4. The monoisotopic (exact) mass is 279 g/mol. The molecule has 0 heterocycles. The zero-order valence-electron chi connectivity index (χ0n) is 12.9. The van der Waals surface area contributed by atoms with Crippen molar-refractivity contribution in [2.45, 2.75) is 31.7 Å². The van der Waals surface area contributed by atoms with Crippen molar-refractivity contribution in [2.24, 2.45) is 5.92 Å². The molecule has 1 aliphatic rings. The van der Waals surface area contributed by atoms with Crippen LogP contribution in [0.3, 0.4) is 0 Å². The Kier molecular flexibility index (Phi) is 5.12. The number of methoxy groups -OCH3 is 3. The standard InChI is InChI=1S/C16H25NO3/c1-17-15(11-7-5-6-8-11)12-9-13(18-2)16(20-4)14(10-12)19-3/h9-11,15,17H,5-8H2,1-4H3. The van der Waals surface area contributed by atoms with Gasteiger partial charge in [0.2, 0.25) is 5.75 Å². The fourth-order valence-electron chi connectivity index (χ4n) is 3.25. The lowest BCUT2D eigenvalue weighted by molar-refractivity contribution is 0.320. The van der Waals surface area contributed by atoms with Crippen LogP contribution in [0.1, 0.15) is 37.3 Å². The summed E-state index contributed by atoms with van der Waals surface area (Å²) in [7, 11) is 6.97. The van der Waals surface area contributed by atoms with Gasteiger partial charge in [-0.25, -0.2) is 0 Å². The van der Waals surface area contributed by atoms with Crippen LogP contribution in [0.15, 0.2) is 12.1 Å². The van der Waals surface area contributed by atoms with Crippen LogP contribution >= 0.6 is 0 Å². The zero-order valence-corrected chi connectivity index (χ0v) is 12.9. The molecule has 112 valence electrons. The molecule has 0 amide bonds. The molecule has 4 nitrogen and oxygen atoms in total. The van der Waals surface area contributed by atoms with Crippen LogP contribution in [0.25, 0.3) is 0 Å². The Morgan fingerprint density at radius 1 is 1.00 bits per heavy atom. The highest BCUT2D eigenvalue weighted by Crippen LogP contribution is 2.43. The van der Waals surface area contributed by atoms with E-state index in [1.54, 1.807) is 21.3 Å². The molecule has 20 heavy (non-hydrogen) atoms. The van der Waals surface area contributed by atoms with E-state index in [0.29, 0.717) is 17.7 Å². The summed E-state index contributed by atoms with van der Waals surface area (Å²) in [4.78, 5) is 0. The van der Waals surface area contributed by atoms with Crippen molar-refractivity contribution in [1.29, 1.82) is 0 Å². The van der Waals surface area contributed by atoms with E-state index in [1.165, 1.54) is 31.2 Å². The van der Waals surface area contributed by atoms with E-state index in [4.69, 9.17) is 14.2 Å². The summed E-state index contributed by atoms with van der Waals surface area (Å²) in [6, 6.07) is 4.45. The molecule has 0 bridgehead atoms. The van der Waals surface area contributed by atoms with Crippen molar-refractivity contribution in [3.63, 3.8) is 0 Å². The first-order valence-corrected chi connectivity index (χ1v) is 7.22. The number of hydrogen-bond donors (Lipinski definition) is 1. The molecule has 0 radical (unpaired) electrons.